The molecule has 1 rings (SSSR count). The number of carbonyl (C=O) groups is 1. The van der Waals surface area contributed by atoms with E-state index in [0.717, 1.165) is 25.9 Å². The van der Waals surface area contributed by atoms with Gasteiger partial charge in [0.05, 0.1) is 5.92 Å². The van der Waals surface area contributed by atoms with Crippen LogP contribution in [0.2, 0.25) is 0 Å². The van der Waals surface area contributed by atoms with Crippen LogP contribution in [0.25, 0.3) is 0 Å². The summed E-state index contributed by atoms with van der Waals surface area (Å²) in [6.45, 7) is 11.2. The van der Waals surface area contributed by atoms with Gasteiger partial charge in [0.1, 0.15) is 0 Å². The van der Waals surface area contributed by atoms with Gasteiger partial charge in [-0.25, -0.2) is 0 Å². The van der Waals surface area contributed by atoms with E-state index in [1.807, 2.05) is 0 Å². The number of nitrogens with two attached hydrogens (primary N) is 1. The Hall–Kier alpha value is -0.610. The van der Waals surface area contributed by atoms with Crippen LogP contribution in [-0.4, -0.2) is 43.5 Å². The number of carbonyl (C=O) groups excluding carboxylic acids is 1. The molecule has 1 aliphatic rings. The van der Waals surface area contributed by atoms with E-state index in [9.17, 15) is 4.79 Å². The lowest BCUT2D eigenvalue weighted by Crippen LogP contribution is -2.38. The van der Waals surface area contributed by atoms with E-state index in [0.29, 0.717) is 6.54 Å². The van der Waals surface area contributed by atoms with E-state index < -0.39 is 0 Å². The first-order valence-electron chi connectivity index (χ1n) is 7.62. The molecule has 0 aromatic rings. The Morgan fingerprint density at radius 2 is 1.95 bits per heavy atom. The molecule has 1 heterocycles. The second-order valence-corrected chi connectivity index (χ2v) is 6.89. The second-order valence-electron chi connectivity index (χ2n) is 6.89. The van der Waals surface area contributed by atoms with Crippen molar-refractivity contribution in [1.82, 2.24) is 10.2 Å². The molecule has 1 unspecified atom stereocenters. The summed E-state index contributed by atoms with van der Waals surface area (Å²) < 4.78 is 0. The van der Waals surface area contributed by atoms with Crippen LogP contribution in [0.15, 0.2) is 0 Å². The maximum atomic E-state index is 12.0. The minimum absolute atomic E-state index is 0.0493. The van der Waals surface area contributed by atoms with Crippen molar-refractivity contribution in [2.75, 3.05) is 32.7 Å². The largest absolute Gasteiger partial charge is 0.356 e. The molecule has 1 fully saturated rings. The molecular formula is C15H31N3O. The van der Waals surface area contributed by atoms with Crippen molar-refractivity contribution in [3.8, 4) is 0 Å². The van der Waals surface area contributed by atoms with Crippen LogP contribution >= 0.6 is 0 Å². The van der Waals surface area contributed by atoms with Crippen LogP contribution in [0.4, 0.5) is 0 Å². The molecule has 4 nitrogen and oxygen atoms in total. The summed E-state index contributed by atoms with van der Waals surface area (Å²) in [7, 11) is 0. The fourth-order valence-electron chi connectivity index (χ4n) is 2.69. The van der Waals surface area contributed by atoms with Crippen molar-refractivity contribution < 1.29 is 4.79 Å². The highest BCUT2D eigenvalue weighted by Gasteiger charge is 2.23. The van der Waals surface area contributed by atoms with Crippen molar-refractivity contribution in [2.24, 2.45) is 17.1 Å². The van der Waals surface area contributed by atoms with E-state index in [4.69, 9.17) is 5.73 Å². The van der Waals surface area contributed by atoms with Gasteiger partial charge < -0.3 is 16.0 Å². The van der Waals surface area contributed by atoms with Crippen LogP contribution in [0.3, 0.4) is 0 Å². The number of nitrogens with zero attached hydrogens (tertiary/aromatic N) is 1. The van der Waals surface area contributed by atoms with Crippen LogP contribution in [0.1, 0.15) is 46.5 Å². The number of likely N-dealkylation sites (tertiary alicyclic amines) is 1. The summed E-state index contributed by atoms with van der Waals surface area (Å²) in [6.07, 6.45) is 4.54. The minimum Gasteiger partial charge on any atom is -0.356 e. The molecule has 0 aromatic carbocycles. The Bertz CT molecular complexity index is 267. The van der Waals surface area contributed by atoms with E-state index in [1.54, 1.807) is 0 Å². The zero-order chi connectivity index (χ0) is 14.3. The Balaban J connectivity index is 2.17. The molecule has 0 bridgehead atoms. The third kappa shape index (κ3) is 6.92. The molecule has 4 heteroatoms. The van der Waals surface area contributed by atoms with Crippen molar-refractivity contribution in [1.29, 1.82) is 0 Å². The van der Waals surface area contributed by atoms with E-state index in [1.165, 1.54) is 25.9 Å². The number of amides is 1. The summed E-state index contributed by atoms with van der Waals surface area (Å²) in [5, 5.41) is 3.03. The lowest BCUT2D eigenvalue weighted by atomic mass is 9.84. The van der Waals surface area contributed by atoms with Crippen molar-refractivity contribution in [3.05, 3.63) is 0 Å². The topological polar surface area (TPSA) is 58.4 Å². The second kappa shape index (κ2) is 7.85. The third-order valence-corrected chi connectivity index (χ3v) is 3.66. The van der Waals surface area contributed by atoms with Crippen LogP contribution < -0.4 is 11.1 Å². The third-order valence-electron chi connectivity index (χ3n) is 3.66. The van der Waals surface area contributed by atoms with Gasteiger partial charge >= 0.3 is 0 Å². The first-order valence-corrected chi connectivity index (χ1v) is 7.62. The molecule has 0 spiro atoms. The van der Waals surface area contributed by atoms with Gasteiger partial charge in [0.2, 0.25) is 5.91 Å². The minimum atomic E-state index is -0.0493. The summed E-state index contributed by atoms with van der Waals surface area (Å²) >= 11 is 0. The molecule has 3 N–H and O–H groups in total. The van der Waals surface area contributed by atoms with E-state index in [2.05, 4.69) is 31.0 Å². The first-order chi connectivity index (χ1) is 8.92. The quantitative estimate of drug-likeness (QED) is 0.690. The Morgan fingerprint density at radius 3 is 2.47 bits per heavy atom. The molecule has 19 heavy (non-hydrogen) atoms. The van der Waals surface area contributed by atoms with Gasteiger partial charge in [-0.2, -0.15) is 0 Å². The monoisotopic (exact) mass is 269 g/mol. The SMILES string of the molecule is CC(C)(C)CC(CN)C(=O)NCCCN1CCCC1. The molecule has 1 aliphatic heterocycles. The summed E-state index contributed by atoms with van der Waals surface area (Å²) in [6, 6.07) is 0. The Labute approximate surface area is 118 Å². The Morgan fingerprint density at radius 1 is 1.32 bits per heavy atom. The van der Waals surface area contributed by atoms with Gasteiger partial charge in [-0.3, -0.25) is 4.79 Å². The van der Waals surface area contributed by atoms with Crippen LogP contribution in [0, 0.1) is 11.3 Å². The van der Waals surface area contributed by atoms with Gasteiger partial charge in [0.15, 0.2) is 0 Å². The number of nitrogens with one attached hydrogen (secondary N) is 1. The standard InChI is InChI=1S/C15H31N3O/c1-15(2,3)11-13(12-16)14(19)17-7-6-10-18-8-4-5-9-18/h13H,4-12,16H2,1-3H3,(H,17,19). The average molecular weight is 269 g/mol. The van der Waals surface area contributed by atoms with Crippen molar-refractivity contribution in [3.63, 3.8) is 0 Å². The summed E-state index contributed by atoms with van der Waals surface area (Å²) in [5.41, 5.74) is 5.87. The van der Waals surface area contributed by atoms with Gasteiger partial charge in [0, 0.05) is 13.1 Å². The van der Waals surface area contributed by atoms with Gasteiger partial charge in [0.25, 0.3) is 0 Å². The van der Waals surface area contributed by atoms with Crippen LogP contribution in [0.5, 0.6) is 0 Å². The smallest absolute Gasteiger partial charge is 0.224 e. The highest BCUT2D eigenvalue weighted by atomic mass is 16.1. The number of hydrogen-bond donors (Lipinski definition) is 2. The van der Waals surface area contributed by atoms with Crippen molar-refractivity contribution >= 4 is 5.91 Å². The molecule has 0 radical (unpaired) electrons. The predicted molar refractivity (Wildman–Crippen MR) is 79.9 cm³/mol. The average Bonchev–Trinajstić information content (AvgIpc) is 2.83. The van der Waals surface area contributed by atoms with Crippen LogP contribution in [-0.2, 0) is 4.79 Å². The molecule has 0 saturated carbocycles. The number of rotatable bonds is 7. The fraction of sp³-hybridized carbons (Fsp3) is 0.933. The highest BCUT2D eigenvalue weighted by Crippen LogP contribution is 2.23. The zero-order valence-corrected chi connectivity index (χ0v) is 12.9. The van der Waals surface area contributed by atoms with Crippen molar-refractivity contribution in [2.45, 2.75) is 46.5 Å². The zero-order valence-electron chi connectivity index (χ0n) is 12.9. The predicted octanol–water partition coefficient (Wildman–Crippen LogP) is 1.60. The molecule has 112 valence electrons. The summed E-state index contributed by atoms with van der Waals surface area (Å²) in [4.78, 5) is 14.5. The lowest BCUT2D eigenvalue weighted by Gasteiger charge is -2.24. The normalized spacial score (nSPS) is 18.5. The Kier molecular flexibility index (Phi) is 6.80. The lowest BCUT2D eigenvalue weighted by molar-refractivity contribution is -0.125. The highest BCUT2D eigenvalue weighted by molar-refractivity contribution is 5.78. The molecule has 0 aromatic heterocycles. The molecule has 1 amide bonds. The fourth-order valence-corrected chi connectivity index (χ4v) is 2.69. The molecule has 0 aliphatic carbocycles. The number of hydrogen-bond acceptors (Lipinski definition) is 3. The van der Waals surface area contributed by atoms with E-state index in [-0.39, 0.29) is 17.2 Å². The maximum absolute atomic E-state index is 12.0. The molecular weight excluding hydrogens is 238 g/mol. The molecule has 1 atom stereocenters. The summed E-state index contributed by atoms with van der Waals surface area (Å²) in [5.74, 6) is 0.0747. The van der Waals surface area contributed by atoms with Gasteiger partial charge in [-0.1, -0.05) is 20.8 Å². The first kappa shape index (κ1) is 16.4. The maximum Gasteiger partial charge on any atom is 0.224 e. The van der Waals surface area contributed by atoms with Gasteiger partial charge in [-0.15, -0.1) is 0 Å². The molecule has 1 saturated heterocycles. The van der Waals surface area contributed by atoms with E-state index >= 15 is 0 Å². The van der Waals surface area contributed by atoms with Gasteiger partial charge in [-0.05, 0) is 50.7 Å².